The molecule has 2 aromatic carbocycles. The molecule has 37 heavy (non-hydrogen) atoms. The van der Waals surface area contributed by atoms with E-state index < -0.39 is 0 Å². The van der Waals surface area contributed by atoms with E-state index in [1.165, 1.54) is 12.8 Å². The third-order valence-electron chi connectivity index (χ3n) is 7.91. The van der Waals surface area contributed by atoms with Crippen LogP contribution in [0.25, 0.3) is 10.9 Å². The van der Waals surface area contributed by atoms with Crippen molar-refractivity contribution >= 4 is 40.7 Å². The summed E-state index contributed by atoms with van der Waals surface area (Å²) in [6, 6.07) is 17.8. The van der Waals surface area contributed by atoms with Gasteiger partial charge in [0.25, 0.3) is 0 Å². The molecule has 0 amide bonds. The highest BCUT2D eigenvalue weighted by atomic mass is 35.5. The Bertz CT molecular complexity index is 1470. The molecule has 4 aliphatic rings. The summed E-state index contributed by atoms with van der Waals surface area (Å²) in [7, 11) is 0. The number of rotatable bonds is 7. The average molecular weight is 512 g/mol. The number of hydrogen-bond donors (Lipinski definition) is 0. The van der Waals surface area contributed by atoms with Gasteiger partial charge in [-0.1, -0.05) is 29.8 Å². The first-order valence-electron chi connectivity index (χ1n) is 12.9. The zero-order valence-corrected chi connectivity index (χ0v) is 21.3. The number of aromatic nitrogens is 1. The summed E-state index contributed by atoms with van der Waals surface area (Å²) in [6.07, 6.45) is 14.4. The molecule has 8 heteroatoms. The summed E-state index contributed by atoms with van der Waals surface area (Å²) in [6.45, 7) is 3.30. The van der Waals surface area contributed by atoms with Gasteiger partial charge >= 0.3 is 0 Å². The number of quaternary nitrogens is 1. The third-order valence-corrected chi connectivity index (χ3v) is 8.21. The Morgan fingerprint density at radius 3 is 2.65 bits per heavy atom. The van der Waals surface area contributed by atoms with Gasteiger partial charge in [0.15, 0.2) is 6.20 Å². The minimum absolute atomic E-state index is 0.0825. The Morgan fingerprint density at radius 2 is 1.89 bits per heavy atom. The number of halogens is 1. The Labute approximate surface area is 221 Å². The fourth-order valence-electron chi connectivity index (χ4n) is 5.82. The van der Waals surface area contributed by atoms with Gasteiger partial charge in [0.2, 0.25) is 17.9 Å². The fourth-order valence-corrected chi connectivity index (χ4v) is 6.07. The lowest BCUT2D eigenvalue weighted by molar-refractivity contribution is -0.751. The van der Waals surface area contributed by atoms with Gasteiger partial charge in [0, 0.05) is 18.0 Å². The standard InChI is InChI=1S/C29H28ClN6O/c30-25-16-22-8-9-28(37-24-6-2-1-3-7-24)33-26(22)17-27(25)35(29(10-4-11-29)20-34-13-5-14-34)36-15-12-31-18-23(36)19-32-21-36/h1-3,6-9,12,15-19,21H,4-5,10-11,13-14,20H2/q+1. The van der Waals surface area contributed by atoms with E-state index in [2.05, 4.69) is 32.2 Å². The van der Waals surface area contributed by atoms with Crippen LogP contribution in [0.4, 0.5) is 5.69 Å². The molecule has 0 spiro atoms. The third kappa shape index (κ3) is 3.77. The van der Waals surface area contributed by atoms with Gasteiger partial charge in [0.05, 0.1) is 29.2 Å². The van der Waals surface area contributed by atoms with Crippen molar-refractivity contribution in [2.45, 2.75) is 31.2 Å². The monoisotopic (exact) mass is 511 g/mol. The van der Waals surface area contributed by atoms with E-state index in [4.69, 9.17) is 21.3 Å². The Balaban J connectivity index is 1.36. The Kier molecular flexibility index (Phi) is 5.39. The van der Waals surface area contributed by atoms with Crippen molar-refractivity contribution in [3.8, 4) is 11.6 Å². The summed E-state index contributed by atoms with van der Waals surface area (Å²) < 4.78 is 6.40. The van der Waals surface area contributed by atoms with Crippen LogP contribution in [0.1, 0.15) is 25.7 Å². The average Bonchev–Trinajstić information content (AvgIpc) is 3.30. The molecule has 1 atom stereocenters. The van der Waals surface area contributed by atoms with Gasteiger partial charge in [-0.25, -0.2) is 9.98 Å². The number of likely N-dealkylation sites (tertiary alicyclic amines) is 1. The molecule has 4 heterocycles. The molecule has 0 radical (unpaired) electrons. The highest BCUT2D eigenvalue weighted by molar-refractivity contribution is 6.34. The molecule has 3 aliphatic heterocycles. The molecule has 1 saturated carbocycles. The fraction of sp³-hybridized carbons (Fsp3) is 0.276. The van der Waals surface area contributed by atoms with Gasteiger partial charge in [0.1, 0.15) is 17.0 Å². The largest absolute Gasteiger partial charge is 0.439 e. The maximum absolute atomic E-state index is 7.10. The first-order chi connectivity index (χ1) is 18.2. The van der Waals surface area contributed by atoms with E-state index in [0.29, 0.717) is 15.5 Å². The molecule has 7 nitrogen and oxygen atoms in total. The molecular weight excluding hydrogens is 484 g/mol. The molecule has 1 aliphatic carbocycles. The number of fused-ring (bicyclic) bond motifs is 2. The lowest BCUT2D eigenvalue weighted by Crippen LogP contribution is -2.71. The van der Waals surface area contributed by atoms with Crippen molar-refractivity contribution in [3.63, 3.8) is 0 Å². The summed E-state index contributed by atoms with van der Waals surface area (Å²) in [5.74, 6) is 1.31. The van der Waals surface area contributed by atoms with E-state index >= 15 is 0 Å². The molecule has 1 unspecified atom stereocenters. The summed E-state index contributed by atoms with van der Waals surface area (Å²) in [4.78, 5) is 16.4. The van der Waals surface area contributed by atoms with Gasteiger partial charge < -0.3 is 9.64 Å². The predicted molar refractivity (Wildman–Crippen MR) is 148 cm³/mol. The number of benzene rings is 2. The van der Waals surface area contributed by atoms with Crippen molar-refractivity contribution in [1.82, 2.24) is 9.88 Å². The van der Waals surface area contributed by atoms with Crippen LogP contribution in [-0.2, 0) is 0 Å². The molecule has 1 saturated heterocycles. The van der Waals surface area contributed by atoms with Crippen LogP contribution in [0.3, 0.4) is 0 Å². The molecule has 186 valence electrons. The van der Waals surface area contributed by atoms with Crippen LogP contribution in [0.2, 0.25) is 5.02 Å². The molecular formula is C29H28ClN6O+. The van der Waals surface area contributed by atoms with Crippen LogP contribution in [0.15, 0.2) is 88.9 Å². The Hall–Kier alpha value is -3.52. The highest BCUT2D eigenvalue weighted by Crippen LogP contribution is 2.49. The first-order valence-corrected chi connectivity index (χ1v) is 13.2. The number of ether oxygens (including phenoxy) is 1. The molecule has 0 bridgehead atoms. The second kappa shape index (κ2) is 8.80. The van der Waals surface area contributed by atoms with E-state index in [0.717, 1.165) is 60.5 Å². The number of para-hydroxylation sites is 1. The quantitative estimate of drug-likeness (QED) is 0.350. The van der Waals surface area contributed by atoms with Gasteiger partial charge in [-0.2, -0.15) is 5.01 Å². The van der Waals surface area contributed by atoms with Crippen molar-refractivity contribution in [2.24, 2.45) is 9.98 Å². The van der Waals surface area contributed by atoms with Gasteiger partial charge in [-0.15, -0.1) is 4.59 Å². The molecule has 1 aromatic heterocycles. The van der Waals surface area contributed by atoms with Crippen LogP contribution in [-0.4, -0.2) is 52.2 Å². The van der Waals surface area contributed by atoms with Gasteiger partial charge in [-0.05, 0) is 69.1 Å². The Morgan fingerprint density at radius 1 is 1.03 bits per heavy atom. The van der Waals surface area contributed by atoms with Gasteiger partial charge in [-0.3, -0.25) is 4.99 Å². The van der Waals surface area contributed by atoms with Crippen molar-refractivity contribution < 1.29 is 9.33 Å². The van der Waals surface area contributed by atoms with Crippen molar-refractivity contribution in [2.75, 3.05) is 24.6 Å². The number of pyridine rings is 1. The predicted octanol–water partition coefficient (Wildman–Crippen LogP) is 6.29. The minimum atomic E-state index is -0.0825. The second-order valence-corrected chi connectivity index (χ2v) is 10.6. The normalized spacial score (nSPS) is 23.3. The van der Waals surface area contributed by atoms with Crippen LogP contribution >= 0.6 is 11.6 Å². The zero-order chi connectivity index (χ0) is 24.9. The summed E-state index contributed by atoms with van der Waals surface area (Å²) in [5.41, 5.74) is 2.70. The maximum Gasteiger partial charge on any atom is 0.225 e. The number of aliphatic imine (C=N–C) groups is 2. The first kappa shape index (κ1) is 22.7. The molecule has 7 rings (SSSR count). The van der Waals surface area contributed by atoms with Crippen LogP contribution in [0.5, 0.6) is 11.6 Å². The van der Waals surface area contributed by atoms with E-state index in [-0.39, 0.29) is 5.54 Å². The van der Waals surface area contributed by atoms with E-state index in [1.54, 1.807) is 0 Å². The summed E-state index contributed by atoms with van der Waals surface area (Å²) in [5, 5.41) is 4.14. The lowest BCUT2D eigenvalue weighted by Gasteiger charge is -2.57. The summed E-state index contributed by atoms with van der Waals surface area (Å²) >= 11 is 7.10. The zero-order valence-electron chi connectivity index (χ0n) is 20.5. The van der Waals surface area contributed by atoms with Crippen LogP contribution < -0.4 is 9.75 Å². The van der Waals surface area contributed by atoms with Crippen molar-refractivity contribution in [1.29, 1.82) is 0 Å². The lowest BCUT2D eigenvalue weighted by atomic mass is 9.74. The van der Waals surface area contributed by atoms with Crippen molar-refractivity contribution in [3.05, 3.63) is 83.9 Å². The molecule has 0 N–H and O–H groups in total. The van der Waals surface area contributed by atoms with E-state index in [1.807, 2.05) is 73.5 Å². The van der Waals surface area contributed by atoms with Crippen LogP contribution in [0, 0.1) is 0 Å². The molecule has 3 aromatic rings. The number of hydrogen-bond acceptors (Lipinski definition) is 6. The topological polar surface area (TPSA) is 53.3 Å². The number of anilines is 1. The number of allylic oxidation sites excluding steroid dienone is 1. The minimum Gasteiger partial charge on any atom is -0.439 e. The molecule has 2 fully saturated rings. The van der Waals surface area contributed by atoms with E-state index in [9.17, 15) is 0 Å². The maximum atomic E-state index is 7.10. The second-order valence-electron chi connectivity index (χ2n) is 10.2. The number of nitrogens with zero attached hydrogens (tertiary/aromatic N) is 6. The smallest absolute Gasteiger partial charge is 0.225 e. The SMILES string of the molecule is Clc1cc2ccc(Oc3ccccc3)nc2cc1N(C1(CN2CCC2)CCC1)[N+]12C=CN=CC1=CN=C2. The highest BCUT2D eigenvalue weighted by Gasteiger charge is 2.56.